The first-order valence-corrected chi connectivity index (χ1v) is 13.5. The Morgan fingerprint density at radius 2 is 1.45 bits per heavy atom. The number of anilines is 3. The molecule has 4 rings (SSSR count). The van der Waals surface area contributed by atoms with Crippen LogP contribution in [-0.4, -0.2) is 47.8 Å². The number of nitrogens with one attached hydrogen (secondary N) is 2. The molecule has 2 heterocycles. The summed E-state index contributed by atoms with van der Waals surface area (Å²) in [6, 6.07) is 7.14. The molecule has 4 aromatic rings. The van der Waals surface area contributed by atoms with Crippen molar-refractivity contribution in [3.63, 3.8) is 0 Å². The van der Waals surface area contributed by atoms with Crippen LogP contribution < -0.4 is 21.1 Å². The zero-order chi connectivity index (χ0) is 32.4. The Morgan fingerprint density at radius 3 is 2.02 bits per heavy atom. The average Bonchev–Trinajstić information content (AvgIpc) is 2.93. The van der Waals surface area contributed by atoms with E-state index in [0.717, 1.165) is 28.8 Å². The number of pyridine rings is 1. The lowest BCUT2D eigenvalue weighted by molar-refractivity contribution is -0.138. The maximum absolute atomic E-state index is 13.2. The molecule has 11 nitrogen and oxygen atoms in total. The number of nitrogens with zero attached hydrogens (tertiary/aromatic N) is 4. The number of rotatable bonds is 7. The van der Waals surface area contributed by atoms with E-state index in [9.17, 15) is 39.6 Å². The number of halogens is 6. The van der Waals surface area contributed by atoms with Crippen LogP contribution in [0.3, 0.4) is 0 Å². The number of amides is 2. The van der Waals surface area contributed by atoms with E-state index >= 15 is 0 Å². The summed E-state index contributed by atoms with van der Waals surface area (Å²) in [6.45, 7) is 0. The number of sulfonamides is 1. The van der Waals surface area contributed by atoms with E-state index in [1.54, 1.807) is 0 Å². The SMILES string of the molecule is CN(C)S(=O)(=O)c1ccc(C(F)(F)F)cc1NC(=O)Nc1cnc(Oc2ccc(-c3cc(C(F)(F)F)cnc3N)cc2)nc1. The van der Waals surface area contributed by atoms with Crippen molar-refractivity contribution in [1.82, 2.24) is 19.3 Å². The van der Waals surface area contributed by atoms with Gasteiger partial charge in [-0.25, -0.2) is 32.5 Å². The Kier molecular flexibility index (Phi) is 8.69. The van der Waals surface area contributed by atoms with E-state index in [0.29, 0.717) is 23.9 Å². The predicted octanol–water partition coefficient (Wildman–Crippen LogP) is 5.85. The molecule has 0 aliphatic carbocycles. The molecular weight excluding hydrogens is 620 g/mol. The smallest absolute Gasteiger partial charge is 0.417 e. The van der Waals surface area contributed by atoms with E-state index in [1.807, 2.05) is 0 Å². The van der Waals surface area contributed by atoms with Crippen molar-refractivity contribution in [3.8, 4) is 22.9 Å². The van der Waals surface area contributed by atoms with E-state index in [2.05, 4.69) is 25.6 Å². The third-order valence-electron chi connectivity index (χ3n) is 5.82. The lowest BCUT2D eigenvalue weighted by Crippen LogP contribution is -2.26. The Morgan fingerprint density at radius 1 is 0.841 bits per heavy atom. The molecule has 0 aliphatic heterocycles. The Hall–Kier alpha value is -4.97. The van der Waals surface area contributed by atoms with Crippen molar-refractivity contribution < 1.29 is 44.3 Å². The molecule has 18 heteroatoms. The first kappa shape index (κ1) is 32.0. The van der Waals surface area contributed by atoms with Gasteiger partial charge in [-0.2, -0.15) is 26.3 Å². The van der Waals surface area contributed by atoms with Crippen molar-refractivity contribution in [1.29, 1.82) is 0 Å². The molecule has 44 heavy (non-hydrogen) atoms. The van der Waals surface area contributed by atoms with Crippen LogP contribution in [0.1, 0.15) is 11.1 Å². The van der Waals surface area contributed by atoms with Crippen LogP contribution in [0.4, 0.5) is 48.3 Å². The van der Waals surface area contributed by atoms with Gasteiger partial charge in [0.2, 0.25) is 10.0 Å². The number of carbonyl (C=O) groups excluding carboxylic acids is 1. The van der Waals surface area contributed by atoms with Crippen LogP contribution in [-0.2, 0) is 22.4 Å². The minimum Gasteiger partial charge on any atom is -0.424 e. The number of nitrogens with two attached hydrogens (primary N) is 1. The van der Waals surface area contributed by atoms with Gasteiger partial charge in [-0.1, -0.05) is 12.1 Å². The first-order chi connectivity index (χ1) is 20.4. The number of ether oxygens (including phenoxy) is 1. The molecule has 2 aromatic heterocycles. The van der Waals surface area contributed by atoms with Gasteiger partial charge in [0.1, 0.15) is 16.5 Å². The summed E-state index contributed by atoms with van der Waals surface area (Å²) in [5.41, 5.74) is 3.35. The molecule has 0 radical (unpaired) electrons. The second kappa shape index (κ2) is 12.0. The fourth-order valence-corrected chi connectivity index (χ4v) is 4.63. The standard InChI is InChI=1S/C26H21F6N7O4S/c1-39(2)44(41,42)21-8-5-15(25(27,28)29)10-20(21)38-23(40)37-17-12-35-24(36-13-17)43-18-6-3-14(4-7-18)19-9-16(26(30,31)32)11-34-22(19)33/h3-13H,1-2H3,(H2,33,34)(H2,37,38,40). The summed E-state index contributed by atoms with van der Waals surface area (Å²) >= 11 is 0. The quantitative estimate of drug-likeness (QED) is 0.213. The van der Waals surface area contributed by atoms with Gasteiger partial charge in [0.05, 0.1) is 34.9 Å². The fraction of sp³-hybridized carbons (Fsp3) is 0.154. The predicted molar refractivity (Wildman–Crippen MR) is 146 cm³/mol. The number of carbonyl (C=O) groups is 1. The molecule has 0 saturated carbocycles. The molecule has 2 aromatic carbocycles. The molecule has 0 spiro atoms. The molecule has 0 aliphatic rings. The summed E-state index contributed by atoms with van der Waals surface area (Å²) < 4.78 is 110. The van der Waals surface area contributed by atoms with Crippen LogP contribution in [0.15, 0.2) is 72.0 Å². The lowest BCUT2D eigenvalue weighted by atomic mass is 10.0. The topological polar surface area (TPSA) is 152 Å². The molecular formula is C26H21F6N7O4S. The first-order valence-electron chi connectivity index (χ1n) is 12.1. The monoisotopic (exact) mass is 641 g/mol. The van der Waals surface area contributed by atoms with E-state index < -0.39 is 50.1 Å². The Bertz CT molecular complexity index is 1780. The van der Waals surface area contributed by atoms with Gasteiger partial charge >= 0.3 is 24.4 Å². The number of nitrogen functional groups attached to an aromatic ring is 1. The van der Waals surface area contributed by atoms with Gasteiger partial charge in [-0.05, 0) is 42.0 Å². The van der Waals surface area contributed by atoms with Crippen LogP contribution in [0.5, 0.6) is 11.8 Å². The number of urea groups is 1. The highest BCUT2D eigenvalue weighted by molar-refractivity contribution is 7.89. The average molecular weight is 642 g/mol. The van der Waals surface area contributed by atoms with Gasteiger partial charge in [0.15, 0.2) is 0 Å². The molecule has 2 amide bonds. The van der Waals surface area contributed by atoms with Gasteiger partial charge in [-0.3, -0.25) is 0 Å². The number of hydrogen-bond acceptors (Lipinski definition) is 8. The summed E-state index contributed by atoms with van der Waals surface area (Å²) in [5.74, 6) is 0.0932. The maximum atomic E-state index is 13.2. The maximum Gasteiger partial charge on any atom is 0.417 e. The minimum absolute atomic E-state index is 0.0262. The normalized spacial score (nSPS) is 12.2. The number of benzene rings is 2. The Labute approximate surface area is 245 Å². The second-order valence-corrected chi connectivity index (χ2v) is 11.2. The highest BCUT2D eigenvalue weighted by atomic mass is 32.2. The highest BCUT2D eigenvalue weighted by Crippen LogP contribution is 2.36. The molecule has 4 N–H and O–H groups in total. The van der Waals surface area contributed by atoms with E-state index in [-0.39, 0.29) is 28.8 Å². The van der Waals surface area contributed by atoms with Gasteiger partial charge in [-0.15, -0.1) is 0 Å². The highest BCUT2D eigenvalue weighted by Gasteiger charge is 2.33. The van der Waals surface area contributed by atoms with Gasteiger partial charge < -0.3 is 21.1 Å². The van der Waals surface area contributed by atoms with Crippen molar-refractivity contribution in [2.45, 2.75) is 17.2 Å². The number of alkyl halides is 6. The van der Waals surface area contributed by atoms with E-state index in [1.165, 1.54) is 38.4 Å². The third-order valence-corrected chi connectivity index (χ3v) is 7.69. The zero-order valence-electron chi connectivity index (χ0n) is 22.5. The second-order valence-electron chi connectivity index (χ2n) is 9.11. The lowest BCUT2D eigenvalue weighted by Gasteiger charge is -2.18. The molecule has 0 fully saturated rings. The third kappa shape index (κ3) is 7.32. The zero-order valence-corrected chi connectivity index (χ0v) is 23.3. The van der Waals surface area contributed by atoms with Crippen LogP contribution in [0, 0.1) is 0 Å². The minimum atomic E-state index is -4.81. The van der Waals surface area contributed by atoms with Gasteiger partial charge in [0.25, 0.3) is 0 Å². The molecule has 0 unspecified atom stereocenters. The number of hydrogen-bond donors (Lipinski definition) is 3. The van der Waals surface area contributed by atoms with Gasteiger partial charge in [0, 0.05) is 25.9 Å². The molecule has 0 bridgehead atoms. The molecule has 232 valence electrons. The van der Waals surface area contributed by atoms with Crippen LogP contribution >= 0.6 is 0 Å². The largest absolute Gasteiger partial charge is 0.424 e. The van der Waals surface area contributed by atoms with E-state index in [4.69, 9.17) is 10.5 Å². The van der Waals surface area contributed by atoms with Crippen molar-refractivity contribution in [3.05, 3.63) is 78.2 Å². The summed E-state index contributed by atoms with van der Waals surface area (Å²) in [4.78, 5) is 23.4. The molecule has 0 saturated heterocycles. The Balaban J connectivity index is 1.45. The van der Waals surface area contributed by atoms with Crippen molar-refractivity contribution in [2.75, 3.05) is 30.5 Å². The van der Waals surface area contributed by atoms with Crippen molar-refractivity contribution >= 4 is 33.2 Å². The summed E-state index contributed by atoms with van der Waals surface area (Å²) in [5, 5.41) is 4.38. The van der Waals surface area contributed by atoms with Crippen LogP contribution in [0.25, 0.3) is 11.1 Å². The van der Waals surface area contributed by atoms with Crippen LogP contribution in [0.2, 0.25) is 0 Å². The fourth-order valence-electron chi connectivity index (χ4n) is 3.61. The van der Waals surface area contributed by atoms with Crippen molar-refractivity contribution in [2.24, 2.45) is 0 Å². The molecule has 0 atom stereocenters. The summed E-state index contributed by atoms with van der Waals surface area (Å²) in [7, 11) is -1.87. The number of aromatic nitrogens is 3. The summed E-state index contributed by atoms with van der Waals surface area (Å²) in [6.07, 6.45) is -6.57.